The number of aliphatic hydroxyl groups excluding tert-OH is 1. The van der Waals surface area contributed by atoms with Crippen LogP contribution in [0.4, 0.5) is 0 Å². The highest BCUT2D eigenvalue weighted by Crippen LogP contribution is 2.27. The van der Waals surface area contributed by atoms with Crippen LogP contribution in [-0.2, 0) is 6.42 Å². The summed E-state index contributed by atoms with van der Waals surface area (Å²) in [6.45, 7) is 2.28. The van der Waals surface area contributed by atoms with Crippen LogP contribution in [-0.4, -0.2) is 18.8 Å². The van der Waals surface area contributed by atoms with E-state index in [1.54, 1.807) is 7.11 Å². The van der Waals surface area contributed by atoms with Crippen LogP contribution in [0.3, 0.4) is 0 Å². The van der Waals surface area contributed by atoms with Crippen LogP contribution in [0.25, 0.3) is 11.1 Å². The molecule has 94 valence electrons. The fourth-order valence-electron chi connectivity index (χ4n) is 2.07. The number of ether oxygens (including phenoxy) is 1. The summed E-state index contributed by atoms with van der Waals surface area (Å²) in [7, 11) is 1.68. The quantitative estimate of drug-likeness (QED) is 0.892. The number of aryl methyl sites for hydroxylation is 1. The van der Waals surface area contributed by atoms with E-state index in [2.05, 4.69) is 37.3 Å². The molecule has 2 aromatic carbocycles. The van der Waals surface area contributed by atoms with E-state index in [9.17, 15) is 0 Å². The minimum Gasteiger partial charge on any atom is -0.497 e. The molecule has 0 aromatic heterocycles. The summed E-state index contributed by atoms with van der Waals surface area (Å²) in [4.78, 5) is 0. The van der Waals surface area contributed by atoms with Crippen molar-refractivity contribution in [2.75, 3.05) is 13.7 Å². The van der Waals surface area contributed by atoms with Gasteiger partial charge in [0.05, 0.1) is 7.11 Å². The second-order valence-corrected chi connectivity index (χ2v) is 4.35. The Morgan fingerprint density at radius 1 is 1.06 bits per heavy atom. The Hall–Kier alpha value is -1.80. The molecule has 0 aliphatic heterocycles. The third-order valence-electron chi connectivity index (χ3n) is 3.10. The Balaban J connectivity index is 2.30. The first kappa shape index (κ1) is 12.7. The molecule has 0 aliphatic rings. The first-order chi connectivity index (χ1) is 8.74. The van der Waals surface area contributed by atoms with Crippen LogP contribution in [0, 0.1) is 6.92 Å². The number of methoxy groups -OCH3 is 1. The first-order valence-corrected chi connectivity index (χ1v) is 6.09. The van der Waals surface area contributed by atoms with Gasteiger partial charge in [-0.2, -0.15) is 0 Å². The second-order valence-electron chi connectivity index (χ2n) is 4.35. The van der Waals surface area contributed by atoms with Crippen molar-refractivity contribution in [3.63, 3.8) is 0 Å². The number of rotatable bonds is 4. The molecule has 0 bridgehead atoms. The lowest BCUT2D eigenvalue weighted by molar-refractivity contribution is 0.299. The topological polar surface area (TPSA) is 29.5 Å². The van der Waals surface area contributed by atoms with Crippen LogP contribution in [0.2, 0.25) is 0 Å². The van der Waals surface area contributed by atoms with Crippen molar-refractivity contribution in [1.82, 2.24) is 0 Å². The summed E-state index contributed by atoms with van der Waals surface area (Å²) in [5, 5.41) is 8.89. The van der Waals surface area contributed by atoms with Gasteiger partial charge >= 0.3 is 0 Å². The number of benzene rings is 2. The van der Waals surface area contributed by atoms with Gasteiger partial charge in [0.2, 0.25) is 0 Å². The average molecular weight is 242 g/mol. The summed E-state index contributed by atoms with van der Waals surface area (Å²) in [5.74, 6) is 0.883. The molecule has 0 heterocycles. The van der Waals surface area contributed by atoms with Gasteiger partial charge in [-0.05, 0) is 47.7 Å². The van der Waals surface area contributed by atoms with Gasteiger partial charge in [-0.15, -0.1) is 0 Å². The molecule has 0 saturated heterocycles. The lowest BCUT2D eigenvalue weighted by Crippen LogP contribution is -1.91. The molecule has 0 unspecified atom stereocenters. The molecule has 1 N–H and O–H groups in total. The third-order valence-corrected chi connectivity index (χ3v) is 3.10. The summed E-state index contributed by atoms with van der Waals surface area (Å²) < 4.78 is 5.21. The summed E-state index contributed by atoms with van der Waals surface area (Å²) in [6, 6.07) is 14.4. The van der Waals surface area contributed by atoms with Crippen molar-refractivity contribution in [2.24, 2.45) is 0 Å². The van der Waals surface area contributed by atoms with Crippen LogP contribution in [0.15, 0.2) is 42.5 Å². The molecule has 2 aromatic rings. The minimum absolute atomic E-state index is 0.195. The molecule has 0 atom stereocenters. The number of hydrogen-bond acceptors (Lipinski definition) is 2. The van der Waals surface area contributed by atoms with E-state index >= 15 is 0 Å². The van der Waals surface area contributed by atoms with Crippen molar-refractivity contribution in [2.45, 2.75) is 13.3 Å². The molecule has 0 fully saturated rings. The zero-order valence-corrected chi connectivity index (χ0v) is 10.8. The van der Waals surface area contributed by atoms with Gasteiger partial charge in [0.1, 0.15) is 5.75 Å². The van der Waals surface area contributed by atoms with Gasteiger partial charge in [-0.1, -0.05) is 30.3 Å². The highest BCUT2D eigenvalue weighted by molar-refractivity contribution is 5.68. The fraction of sp³-hybridized carbons (Fsp3) is 0.250. The van der Waals surface area contributed by atoms with Crippen molar-refractivity contribution in [3.05, 3.63) is 53.6 Å². The molecular formula is C16H18O2. The third kappa shape index (κ3) is 2.71. The number of aliphatic hydroxyl groups is 1. The molecule has 0 spiro atoms. The SMILES string of the molecule is COc1ccc(-c2ccc(CCO)cc2)c(C)c1. The standard InChI is InChI=1S/C16H18O2/c1-12-11-15(18-2)7-8-16(12)14-5-3-13(4-6-14)9-10-17/h3-8,11,17H,9-10H2,1-2H3. The van der Waals surface area contributed by atoms with Crippen molar-refractivity contribution >= 4 is 0 Å². The van der Waals surface area contributed by atoms with E-state index in [0.29, 0.717) is 6.42 Å². The van der Waals surface area contributed by atoms with Gasteiger partial charge in [0.25, 0.3) is 0 Å². The monoisotopic (exact) mass is 242 g/mol. The molecule has 2 rings (SSSR count). The smallest absolute Gasteiger partial charge is 0.119 e. The van der Waals surface area contributed by atoms with Crippen LogP contribution in [0.5, 0.6) is 5.75 Å². The van der Waals surface area contributed by atoms with Gasteiger partial charge in [-0.3, -0.25) is 0 Å². The molecular weight excluding hydrogens is 224 g/mol. The minimum atomic E-state index is 0.195. The normalized spacial score (nSPS) is 10.4. The first-order valence-electron chi connectivity index (χ1n) is 6.09. The molecule has 0 saturated carbocycles. The molecule has 2 nitrogen and oxygen atoms in total. The van der Waals surface area contributed by atoms with E-state index in [0.717, 1.165) is 11.3 Å². The van der Waals surface area contributed by atoms with E-state index in [1.165, 1.54) is 16.7 Å². The van der Waals surface area contributed by atoms with Crippen LogP contribution >= 0.6 is 0 Å². The highest BCUT2D eigenvalue weighted by Gasteiger charge is 2.03. The molecule has 0 amide bonds. The zero-order valence-electron chi connectivity index (χ0n) is 10.8. The maximum Gasteiger partial charge on any atom is 0.119 e. The molecule has 2 heteroatoms. The maximum atomic E-state index is 8.89. The average Bonchev–Trinajstić information content (AvgIpc) is 2.40. The Morgan fingerprint density at radius 3 is 2.33 bits per heavy atom. The van der Waals surface area contributed by atoms with Gasteiger partial charge in [-0.25, -0.2) is 0 Å². The Bertz CT molecular complexity index is 515. The van der Waals surface area contributed by atoms with E-state index in [1.807, 2.05) is 12.1 Å². The lowest BCUT2D eigenvalue weighted by Gasteiger charge is -2.09. The number of hydrogen-bond donors (Lipinski definition) is 1. The van der Waals surface area contributed by atoms with E-state index < -0.39 is 0 Å². The maximum absolute atomic E-state index is 8.89. The Labute approximate surface area is 108 Å². The van der Waals surface area contributed by atoms with Crippen molar-refractivity contribution in [3.8, 4) is 16.9 Å². The summed E-state index contributed by atoms with van der Waals surface area (Å²) in [6.07, 6.45) is 0.710. The largest absolute Gasteiger partial charge is 0.497 e. The molecule has 18 heavy (non-hydrogen) atoms. The van der Waals surface area contributed by atoms with Gasteiger partial charge < -0.3 is 9.84 Å². The van der Waals surface area contributed by atoms with Crippen molar-refractivity contribution < 1.29 is 9.84 Å². The highest BCUT2D eigenvalue weighted by atomic mass is 16.5. The predicted octanol–water partition coefficient (Wildman–Crippen LogP) is 3.21. The Morgan fingerprint density at radius 2 is 1.78 bits per heavy atom. The van der Waals surface area contributed by atoms with E-state index in [-0.39, 0.29) is 6.61 Å². The summed E-state index contributed by atoms with van der Waals surface area (Å²) >= 11 is 0. The van der Waals surface area contributed by atoms with Crippen LogP contribution < -0.4 is 4.74 Å². The fourth-order valence-corrected chi connectivity index (χ4v) is 2.07. The van der Waals surface area contributed by atoms with Crippen molar-refractivity contribution in [1.29, 1.82) is 0 Å². The molecule has 0 radical (unpaired) electrons. The lowest BCUT2D eigenvalue weighted by atomic mass is 9.99. The van der Waals surface area contributed by atoms with Gasteiger partial charge in [0.15, 0.2) is 0 Å². The van der Waals surface area contributed by atoms with E-state index in [4.69, 9.17) is 9.84 Å². The van der Waals surface area contributed by atoms with Gasteiger partial charge in [0, 0.05) is 6.61 Å². The van der Waals surface area contributed by atoms with Crippen LogP contribution in [0.1, 0.15) is 11.1 Å². The zero-order chi connectivity index (χ0) is 13.0. The Kier molecular flexibility index (Phi) is 4.00. The summed E-state index contributed by atoms with van der Waals surface area (Å²) in [5.41, 5.74) is 4.76. The molecule has 0 aliphatic carbocycles. The predicted molar refractivity (Wildman–Crippen MR) is 74.0 cm³/mol. The second kappa shape index (κ2) is 5.69.